The summed E-state index contributed by atoms with van der Waals surface area (Å²) in [6.07, 6.45) is 0. The van der Waals surface area contributed by atoms with Crippen LogP contribution in [0.2, 0.25) is 0 Å². The Labute approximate surface area is 179 Å². The summed E-state index contributed by atoms with van der Waals surface area (Å²) in [4.78, 5) is 55.7. The Morgan fingerprint density at radius 1 is 0.600 bits per heavy atom. The Hall–Kier alpha value is 3.89. The van der Waals surface area contributed by atoms with Crippen LogP contribution in [0.3, 0.4) is 0 Å². The van der Waals surface area contributed by atoms with Crippen molar-refractivity contribution in [2.24, 2.45) is 0 Å². The summed E-state index contributed by atoms with van der Waals surface area (Å²) in [5, 5.41) is 0. The van der Waals surface area contributed by atoms with E-state index in [1.54, 1.807) is 0 Å². The van der Waals surface area contributed by atoms with E-state index in [-0.39, 0.29) is 113 Å². The van der Waals surface area contributed by atoms with Crippen LogP contribution in [0.4, 0.5) is 0 Å². The molecule has 8 nitrogen and oxygen atoms in total. The second kappa shape index (κ2) is 15.9. The summed E-state index contributed by atoms with van der Waals surface area (Å²) in [5.41, 5.74) is 0. The molecule has 0 aliphatic heterocycles. The normalized spacial score (nSPS) is 9.60. The molecule has 0 saturated carbocycles. The van der Waals surface area contributed by atoms with Crippen molar-refractivity contribution in [2.75, 3.05) is 14.2 Å². The monoisotopic (exact) mass is 334 g/mol. The van der Waals surface area contributed by atoms with Gasteiger partial charge in [-0.15, -0.1) is 18.1 Å². The SMILES string of the molecule is CO[Si]([O-])([O-])[O-].CO[Si]([O-])([O-])[O-].[Ca+2].[Ca+2].[Ca+2]. The van der Waals surface area contributed by atoms with Crippen LogP contribution in [-0.2, 0) is 8.85 Å². The summed E-state index contributed by atoms with van der Waals surface area (Å²) in [7, 11) is -8.10. The van der Waals surface area contributed by atoms with Crippen LogP contribution in [0, 0.1) is 0 Å². The van der Waals surface area contributed by atoms with E-state index in [0.29, 0.717) is 0 Å². The van der Waals surface area contributed by atoms with E-state index < -0.39 is 18.1 Å². The van der Waals surface area contributed by atoms with E-state index >= 15 is 0 Å². The Morgan fingerprint density at radius 2 is 0.667 bits per heavy atom. The van der Waals surface area contributed by atoms with Crippen LogP contribution >= 0.6 is 0 Å². The molecule has 0 heterocycles. The summed E-state index contributed by atoms with van der Waals surface area (Å²) in [6, 6.07) is 0. The molecule has 0 unspecified atom stereocenters. The average molecular weight is 334 g/mol. The van der Waals surface area contributed by atoms with Crippen LogP contribution in [0.1, 0.15) is 0 Å². The van der Waals surface area contributed by atoms with Gasteiger partial charge in [0.05, 0.1) is 0 Å². The smallest absolute Gasteiger partial charge is 0.861 e. The van der Waals surface area contributed by atoms with Crippen molar-refractivity contribution in [3.63, 3.8) is 0 Å². The third kappa shape index (κ3) is 46.2. The second-order valence-electron chi connectivity index (χ2n) is 1.41. The quantitative estimate of drug-likeness (QED) is 0.450. The zero-order chi connectivity index (χ0) is 10.4. The van der Waals surface area contributed by atoms with Crippen molar-refractivity contribution >= 4 is 131 Å². The molecule has 0 N–H and O–H groups in total. The van der Waals surface area contributed by atoms with Crippen LogP contribution in [0.25, 0.3) is 0 Å². The van der Waals surface area contributed by atoms with E-state index in [9.17, 15) is 28.8 Å². The first kappa shape index (κ1) is 31.3. The fourth-order valence-electron chi connectivity index (χ4n) is 0. The van der Waals surface area contributed by atoms with Crippen molar-refractivity contribution in [1.29, 1.82) is 0 Å². The van der Waals surface area contributed by atoms with Crippen LogP contribution in [-0.4, -0.2) is 146 Å². The van der Waals surface area contributed by atoms with Gasteiger partial charge in [0.25, 0.3) is 0 Å². The standard InChI is InChI=1S/2CH3O4Si.3Ca/c2*1-5-6(2,3)4;;;/h2*1H3;;;/q2*-3;3*+2. The average Bonchev–Trinajstić information content (AvgIpc) is 1.86. The summed E-state index contributed by atoms with van der Waals surface area (Å²) < 4.78 is 6.82. The van der Waals surface area contributed by atoms with Gasteiger partial charge >= 0.3 is 113 Å². The molecule has 15 heavy (non-hydrogen) atoms. The van der Waals surface area contributed by atoms with Gasteiger partial charge in [0, 0.05) is 14.2 Å². The van der Waals surface area contributed by atoms with Gasteiger partial charge in [-0.1, -0.05) is 0 Å². The van der Waals surface area contributed by atoms with Gasteiger partial charge in [0.1, 0.15) is 0 Å². The fourth-order valence-corrected chi connectivity index (χ4v) is 0. The van der Waals surface area contributed by atoms with Gasteiger partial charge < -0.3 is 37.6 Å². The zero-order valence-electron chi connectivity index (χ0n) is 8.39. The molecule has 0 fully saturated rings. The van der Waals surface area contributed by atoms with Crippen LogP contribution in [0.15, 0.2) is 0 Å². The van der Waals surface area contributed by atoms with Crippen LogP contribution in [0.5, 0.6) is 0 Å². The molecule has 0 rings (SSSR count). The van der Waals surface area contributed by atoms with Crippen molar-refractivity contribution < 1.29 is 37.6 Å². The van der Waals surface area contributed by atoms with E-state index in [4.69, 9.17) is 0 Å². The van der Waals surface area contributed by atoms with Crippen molar-refractivity contribution in [3.8, 4) is 0 Å². The van der Waals surface area contributed by atoms with E-state index in [1.807, 2.05) is 0 Å². The van der Waals surface area contributed by atoms with Crippen LogP contribution < -0.4 is 28.8 Å². The molecule has 0 aliphatic carbocycles. The first-order valence-corrected chi connectivity index (χ1v) is 5.72. The molecule has 0 aromatic rings. The predicted octanol–water partition coefficient (Wildman–Crippen LogP) is -8.84. The van der Waals surface area contributed by atoms with Gasteiger partial charge in [-0.25, -0.2) is 0 Å². The minimum atomic E-state index is -4.88. The molecule has 0 amide bonds. The zero-order valence-corrected chi connectivity index (χ0v) is 17.0. The topological polar surface area (TPSA) is 157 Å². The molecule has 0 radical (unpaired) electrons. The van der Waals surface area contributed by atoms with Gasteiger partial charge in [-0.3, -0.25) is 0 Å². The van der Waals surface area contributed by atoms with Gasteiger partial charge in [0.2, 0.25) is 0 Å². The van der Waals surface area contributed by atoms with Gasteiger partial charge in [0.15, 0.2) is 0 Å². The Morgan fingerprint density at radius 3 is 0.667 bits per heavy atom. The maximum atomic E-state index is 9.28. The van der Waals surface area contributed by atoms with Gasteiger partial charge in [-0.2, -0.15) is 0 Å². The molecule has 76 valence electrons. The Bertz CT molecular complexity index is 99.4. The van der Waals surface area contributed by atoms with Crippen molar-refractivity contribution in [3.05, 3.63) is 0 Å². The van der Waals surface area contributed by atoms with E-state index in [1.165, 1.54) is 0 Å². The maximum absolute atomic E-state index is 9.28. The predicted molar refractivity (Wildman–Crippen MR) is 42.8 cm³/mol. The third-order valence-corrected chi connectivity index (χ3v) is 1.50. The molecule has 0 aliphatic rings. The van der Waals surface area contributed by atoms with Crippen molar-refractivity contribution in [2.45, 2.75) is 0 Å². The molecule has 0 saturated heterocycles. The first-order chi connectivity index (χ1) is 5.12. The minimum Gasteiger partial charge on any atom is -0.861 e. The molecule has 13 heteroatoms. The molecular formula is C2H6Ca3O8Si2. The minimum absolute atomic E-state index is 0. The molecular weight excluding hydrogens is 328 g/mol. The Kier molecular flexibility index (Phi) is 33.3. The Balaban J connectivity index is -0.0000000370. The summed E-state index contributed by atoms with van der Waals surface area (Å²) in [6.45, 7) is 0. The molecule has 0 atom stereocenters. The molecule has 0 aromatic heterocycles. The molecule has 0 spiro atoms. The summed E-state index contributed by atoms with van der Waals surface area (Å²) >= 11 is 0. The number of rotatable bonds is 2. The molecule has 0 bridgehead atoms. The maximum Gasteiger partial charge on any atom is 2.00 e. The largest absolute Gasteiger partial charge is 2.00 e. The van der Waals surface area contributed by atoms with Crippen molar-refractivity contribution in [1.82, 2.24) is 0 Å². The number of hydrogen-bond donors (Lipinski definition) is 0. The second-order valence-corrected chi connectivity index (χ2v) is 4.22. The van der Waals surface area contributed by atoms with E-state index in [0.717, 1.165) is 14.2 Å². The number of hydrogen-bond acceptors (Lipinski definition) is 8. The van der Waals surface area contributed by atoms with E-state index in [2.05, 4.69) is 8.85 Å². The fraction of sp³-hybridized carbons (Fsp3) is 1.00. The first-order valence-electron chi connectivity index (χ1n) is 2.45. The summed E-state index contributed by atoms with van der Waals surface area (Å²) in [5.74, 6) is 0. The third-order valence-electron chi connectivity index (χ3n) is 0.500. The molecule has 0 aromatic carbocycles. The van der Waals surface area contributed by atoms with Gasteiger partial charge in [-0.05, 0) is 0 Å².